The second kappa shape index (κ2) is 3.18. The Hall–Kier alpha value is -1.13. The molecule has 1 aromatic heterocycles. The van der Waals surface area contributed by atoms with Crippen molar-refractivity contribution in [3.63, 3.8) is 0 Å². The van der Waals surface area contributed by atoms with Crippen LogP contribution < -0.4 is 5.23 Å². The van der Waals surface area contributed by atoms with Gasteiger partial charge in [0.1, 0.15) is 16.9 Å². The summed E-state index contributed by atoms with van der Waals surface area (Å²) in [5, 5.41) is 1.44. The van der Waals surface area contributed by atoms with Crippen molar-refractivity contribution in [1.29, 1.82) is 0 Å². The van der Waals surface area contributed by atoms with E-state index in [2.05, 4.69) is 4.98 Å². The highest BCUT2D eigenvalue weighted by atomic mass is 17.0. The predicted octanol–water partition coefficient (Wildman–Crippen LogP) is 2.32. The highest BCUT2D eigenvalue weighted by Gasteiger charge is 2.50. The molecule has 0 aromatic carbocycles. The summed E-state index contributed by atoms with van der Waals surface area (Å²) >= 11 is 0. The third kappa shape index (κ3) is 1.70. The van der Waals surface area contributed by atoms with Crippen LogP contribution in [0.15, 0.2) is 24.5 Å². The Labute approximate surface area is 89.7 Å². The van der Waals surface area contributed by atoms with Crippen LogP contribution in [0.5, 0.6) is 0 Å². The van der Waals surface area contributed by atoms with Gasteiger partial charge in [0.15, 0.2) is 0 Å². The normalized spacial score (nSPS) is 23.1. The van der Waals surface area contributed by atoms with E-state index in [0.29, 0.717) is 0 Å². The number of anilines is 1. The molecule has 1 fully saturated rings. The van der Waals surface area contributed by atoms with Gasteiger partial charge < -0.3 is 0 Å². The summed E-state index contributed by atoms with van der Waals surface area (Å²) < 4.78 is 0. The Bertz CT molecular complexity index is 333. The van der Waals surface area contributed by atoms with Crippen LogP contribution in [0.4, 0.5) is 5.69 Å². The summed E-state index contributed by atoms with van der Waals surface area (Å²) in [4.78, 5) is 15.5. The van der Waals surface area contributed by atoms with E-state index >= 15 is 0 Å². The summed E-state index contributed by atoms with van der Waals surface area (Å²) in [6, 6.07) is 3.74. The van der Waals surface area contributed by atoms with Gasteiger partial charge in [-0.15, -0.1) is 5.23 Å². The lowest BCUT2D eigenvalue weighted by Crippen LogP contribution is -2.41. The van der Waals surface area contributed by atoms with Gasteiger partial charge in [0.25, 0.3) is 0 Å². The molecule has 0 N–H and O–H groups in total. The number of aromatic nitrogens is 1. The average molecular weight is 208 g/mol. The second-order valence-electron chi connectivity index (χ2n) is 4.67. The SMILES string of the molecule is CC1(C)ON(c2cccnc2)OC1(C)C. The van der Waals surface area contributed by atoms with Crippen LogP contribution >= 0.6 is 0 Å². The molecule has 0 saturated carbocycles. The van der Waals surface area contributed by atoms with Crippen LogP contribution in [0.25, 0.3) is 0 Å². The minimum atomic E-state index is -0.358. The van der Waals surface area contributed by atoms with Gasteiger partial charge in [0, 0.05) is 6.20 Å². The second-order valence-corrected chi connectivity index (χ2v) is 4.67. The molecule has 0 aliphatic carbocycles. The van der Waals surface area contributed by atoms with Crippen molar-refractivity contribution in [2.75, 3.05) is 5.23 Å². The molecular formula is C11H16N2O2. The van der Waals surface area contributed by atoms with E-state index in [-0.39, 0.29) is 11.2 Å². The van der Waals surface area contributed by atoms with Crippen LogP contribution in [-0.2, 0) is 9.68 Å². The first kappa shape index (κ1) is 10.4. The van der Waals surface area contributed by atoms with E-state index in [1.54, 1.807) is 12.4 Å². The quantitative estimate of drug-likeness (QED) is 0.709. The van der Waals surface area contributed by atoms with Gasteiger partial charge >= 0.3 is 0 Å². The number of hydrogen-bond donors (Lipinski definition) is 0. The fourth-order valence-corrected chi connectivity index (χ4v) is 1.22. The molecule has 1 aliphatic rings. The lowest BCUT2D eigenvalue weighted by atomic mass is 9.90. The van der Waals surface area contributed by atoms with Crippen LogP contribution in [0, 0.1) is 0 Å². The van der Waals surface area contributed by atoms with Gasteiger partial charge in [0.05, 0.1) is 6.20 Å². The van der Waals surface area contributed by atoms with Gasteiger partial charge in [-0.1, -0.05) is 0 Å². The Morgan fingerprint density at radius 1 is 1.13 bits per heavy atom. The van der Waals surface area contributed by atoms with E-state index in [0.717, 1.165) is 5.69 Å². The first-order valence-corrected chi connectivity index (χ1v) is 5.01. The fraction of sp³-hybridized carbons (Fsp3) is 0.545. The summed E-state index contributed by atoms with van der Waals surface area (Å²) in [6.45, 7) is 8.01. The van der Waals surface area contributed by atoms with Crippen LogP contribution in [-0.4, -0.2) is 16.2 Å². The Morgan fingerprint density at radius 2 is 1.73 bits per heavy atom. The summed E-state index contributed by atoms with van der Waals surface area (Å²) in [7, 11) is 0. The smallest absolute Gasteiger partial charge is 0.124 e. The maximum atomic E-state index is 5.72. The third-order valence-electron chi connectivity index (χ3n) is 2.93. The maximum Gasteiger partial charge on any atom is 0.124 e. The molecule has 15 heavy (non-hydrogen) atoms. The molecular weight excluding hydrogens is 192 g/mol. The van der Waals surface area contributed by atoms with Gasteiger partial charge in [0.2, 0.25) is 0 Å². The van der Waals surface area contributed by atoms with Crippen molar-refractivity contribution < 1.29 is 9.68 Å². The third-order valence-corrected chi connectivity index (χ3v) is 2.93. The van der Waals surface area contributed by atoms with Gasteiger partial charge in [-0.3, -0.25) is 4.98 Å². The molecule has 0 spiro atoms. The molecule has 0 bridgehead atoms. The number of pyridine rings is 1. The van der Waals surface area contributed by atoms with Gasteiger partial charge in [-0.2, -0.15) is 0 Å². The highest BCUT2D eigenvalue weighted by molar-refractivity contribution is 5.39. The number of nitrogens with zero attached hydrogens (tertiary/aromatic N) is 2. The summed E-state index contributed by atoms with van der Waals surface area (Å²) in [5.74, 6) is 0. The molecule has 2 rings (SSSR count). The average Bonchev–Trinajstić information content (AvgIpc) is 2.38. The standard InChI is InChI=1S/C11H16N2O2/c1-10(2)11(3,4)15-13(14-10)9-6-5-7-12-8-9/h5-8H,1-4H3. The molecule has 4 heteroatoms. The summed E-state index contributed by atoms with van der Waals surface area (Å²) in [5.41, 5.74) is 0.0854. The highest BCUT2D eigenvalue weighted by Crippen LogP contribution is 2.39. The van der Waals surface area contributed by atoms with E-state index in [9.17, 15) is 0 Å². The van der Waals surface area contributed by atoms with Crippen molar-refractivity contribution >= 4 is 5.69 Å². The number of hydrogen-bond acceptors (Lipinski definition) is 4. The first-order valence-electron chi connectivity index (χ1n) is 5.01. The zero-order chi connectivity index (χ0) is 11.1. The van der Waals surface area contributed by atoms with E-state index in [1.807, 2.05) is 39.8 Å². The van der Waals surface area contributed by atoms with Gasteiger partial charge in [-0.25, -0.2) is 9.68 Å². The van der Waals surface area contributed by atoms with Gasteiger partial charge in [-0.05, 0) is 39.8 Å². The zero-order valence-corrected chi connectivity index (χ0v) is 9.52. The van der Waals surface area contributed by atoms with Crippen molar-refractivity contribution in [2.45, 2.75) is 38.9 Å². The minimum absolute atomic E-state index is 0.358. The van der Waals surface area contributed by atoms with Crippen molar-refractivity contribution in [3.8, 4) is 0 Å². The Kier molecular flexibility index (Phi) is 2.20. The monoisotopic (exact) mass is 208 g/mol. The van der Waals surface area contributed by atoms with Crippen LogP contribution in [0.1, 0.15) is 27.7 Å². The molecule has 2 heterocycles. The molecule has 0 unspecified atom stereocenters. The van der Waals surface area contributed by atoms with Crippen LogP contribution in [0.2, 0.25) is 0 Å². The van der Waals surface area contributed by atoms with Crippen molar-refractivity contribution in [3.05, 3.63) is 24.5 Å². The van der Waals surface area contributed by atoms with Crippen molar-refractivity contribution in [1.82, 2.24) is 4.98 Å². The van der Waals surface area contributed by atoms with Crippen molar-refractivity contribution in [2.24, 2.45) is 0 Å². The Morgan fingerprint density at radius 3 is 2.20 bits per heavy atom. The minimum Gasteiger partial charge on any atom is -0.262 e. The molecule has 0 radical (unpaired) electrons. The molecule has 0 amide bonds. The largest absolute Gasteiger partial charge is 0.262 e. The van der Waals surface area contributed by atoms with E-state index in [1.165, 1.54) is 5.23 Å². The lowest BCUT2D eigenvalue weighted by molar-refractivity contribution is -0.0274. The topological polar surface area (TPSA) is 34.6 Å². The molecule has 1 aromatic rings. The first-order chi connectivity index (χ1) is 6.92. The predicted molar refractivity (Wildman–Crippen MR) is 57.0 cm³/mol. The molecule has 82 valence electrons. The zero-order valence-electron chi connectivity index (χ0n) is 9.52. The molecule has 4 nitrogen and oxygen atoms in total. The number of rotatable bonds is 1. The lowest BCUT2D eigenvalue weighted by Gasteiger charge is -2.26. The molecule has 0 atom stereocenters. The Balaban J connectivity index is 2.24. The fourth-order valence-electron chi connectivity index (χ4n) is 1.22. The van der Waals surface area contributed by atoms with E-state index in [4.69, 9.17) is 9.68 Å². The summed E-state index contributed by atoms with van der Waals surface area (Å²) in [6.07, 6.45) is 3.42. The van der Waals surface area contributed by atoms with E-state index < -0.39 is 0 Å². The molecule has 1 aliphatic heterocycles. The van der Waals surface area contributed by atoms with Crippen LogP contribution in [0.3, 0.4) is 0 Å². The maximum absolute atomic E-state index is 5.72. The molecule has 1 saturated heterocycles.